The van der Waals surface area contributed by atoms with Gasteiger partial charge in [0.2, 0.25) is 0 Å². The van der Waals surface area contributed by atoms with Crippen molar-refractivity contribution in [2.75, 3.05) is 19.6 Å². The molecule has 1 aromatic heterocycles. The molecule has 5 rings (SSSR count). The molecule has 3 aliphatic rings. The molecule has 2 fully saturated rings. The number of aromatic amines is 1. The number of hydrogen-bond acceptors (Lipinski definition) is 4. The molecule has 6 heteroatoms. The fourth-order valence-corrected chi connectivity index (χ4v) is 4.49. The van der Waals surface area contributed by atoms with Crippen LogP contribution in [0.2, 0.25) is 0 Å². The average molecular weight is 378 g/mol. The summed E-state index contributed by atoms with van der Waals surface area (Å²) in [6, 6.07) is 7.98. The third-order valence-electron chi connectivity index (χ3n) is 6.28. The average Bonchev–Trinajstić information content (AvgIpc) is 3.35. The van der Waals surface area contributed by atoms with Gasteiger partial charge in [0.1, 0.15) is 5.82 Å². The van der Waals surface area contributed by atoms with Crippen LogP contribution in [0.1, 0.15) is 58.2 Å². The molecular formula is C22H26N4O2. The van der Waals surface area contributed by atoms with Crippen molar-refractivity contribution in [1.82, 2.24) is 20.2 Å². The third-order valence-corrected chi connectivity index (χ3v) is 6.28. The van der Waals surface area contributed by atoms with Crippen LogP contribution in [0.25, 0.3) is 0 Å². The van der Waals surface area contributed by atoms with Crippen LogP contribution in [-0.2, 0) is 19.4 Å². The fourth-order valence-electron chi connectivity index (χ4n) is 4.49. The number of hydrogen-bond donors (Lipinski definition) is 2. The summed E-state index contributed by atoms with van der Waals surface area (Å²) < 4.78 is 0. The fraction of sp³-hybridized carbons (Fsp3) is 0.500. The van der Waals surface area contributed by atoms with E-state index in [1.807, 2.05) is 23.1 Å². The van der Waals surface area contributed by atoms with Crippen molar-refractivity contribution in [2.45, 2.75) is 44.6 Å². The molecule has 2 N–H and O–H groups in total. The van der Waals surface area contributed by atoms with E-state index in [1.165, 1.54) is 12.8 Å². The van der Waals surface area contributed by atoms with Gasteiger partial charge in [-0.2, -0.15) is 0 Å². The molecule has 1 aromatic carbocycles. The Labute approximate surface area is 164 Å². The molecule has 2 aliphatic heterocycles. The molecule has 28 heavy (non-hydrogen) atoms. The lowest BCUT2D eigenvalue weighted by atomic mass is 9.92. The number of aromatic nitrogens is 2. The quantitative estimate of drug-likeness (QED) is 0.853. The molecule has 2 aromatic rings. The van der Waals surface area contributed by atoms with Gasteiger partial charge in [-0.05, 0) is 55.7 Å². The highest BCUT2D eigenvalue weighted by Crippen LogP contribution is 2.32. The van der Waals surface area contributed by atoms with Crippen molar-refractivity contribution < 1.29 is 4.79 Å². The van der Waals surface area contributed by atoms with Crippen LogP contribution in [0.5, 0.6) is 0 Å². The van der Waals surface area contributed by atoms with Crippen LogP contribution in [-0.4, -0.2) is 40.4 Å². The maximum atomic E-state index is 13.3. The van der Waals surface area contributed by atoms with Crippen molar-refractivity contribution in [2.24, 2.45) is 5.92 Å². The second-order valence-corrected chi connectivity index (χ2v) is 8.34. The Hall–Kier alpha value is -2.47. The van der Waals surface area contributed by atoms with Gasteiger partial charge >= 0.3 is 0 Å². The Balaban J connectivity index is 1.41. The lowest BCUT2D eigenvalue weighted by Crippen LogP contribution is -2.40. The minimum atomic E-state index is -0.0230. The molecular weight excluding hydrogens is 352 g/mol. The lowest BCUT2D eigenvalue weighted by Gasteiger charge is -2.29. The summed E-state index contributed by atoms with van der Waals surface area (Å²) >= 11 is 0. The monoisotopic (exact) mass is 378 g/mol. The summed E-state index contributed by atoms with van der Waals surface area (Å²) in [6.07, 6.45) is 4.92. The van der Waals surface area contributed by atoms with Crippen LogP contribution in [0.15, 0.2) is 29.1 Å². The highest BCUT2D eigenvalue weighted by Gasteiger charge is 2.29. The van der Waals surface area contributed by atoms with Crippen LogP contribution in [0, 0.1) is 5.92 Å². The number of nitrogens with one attached hydrogen (secondary N) is 2. The Kier molecular flexibility index (Phi) is 4.51. The SMILES string of the molecule is O=C(c1ccccc1[C@@H]1CCNC1)N1CCc2c(nc(CC3CC3)[nH]c2=O)C1. The van der Waals surface area contributed by atoms with E-state index in [0.717, 1.165) is 54.1 Å². The largest absolute Gasteiger partial charge is 0.332 e. The molecule has 1 amide bonds. The zero-order valence-electron chi connectivity index (χ0n) is 16.0. The number of H-pyrrole nitrogens is 1. The van der Waals surface area contributed by atoms with E-state index >= 15 is 0 Å². The van der Waals surface area contributed by atoms with Crippen molar-refractivity contribution in [1.29, 1.82) is 0 Å². The number of rotatable bonds is 4. The van der Waals surface area contributed by atoms with E-state index in [2.05, 4.69) is 16.4 Å². The van der Waals surface area contributed by atoms with Gasteiger partial charge in [0, 0.05) is 30.6 Å². The van der Waals surface area contributed by atoms with Crippen molar-refractivity contribution in [3.05, 3.63) is 62.8 Å². The highest BCUT2D eigenvalue weighted by molar-refractivity contribution is 5.96. The summed E-state index contributed by atoms with van der Waals surface area (Å²) in [6.45, 7) is 2.91. The molecule has 146 valence electrons. The third kappa shape index (κ3) is 3.37. The first-order chi connectivity index (χ1) is 13.7. The van der Waals surface area contributed by atoms with Gasteiger partial charge in [-0.1, -0.05) is 18.2 Å². The second kappa shape index (κ2) is 7.17. The summed E-state index contributed by atoms with van der Waals surface area (Å²) in [7, 11) is 0. The maximum Gasteiger partial charge on any atom is 0.254 e. The zero-order valence-corrected chi connectivity index (χ0v) is 16.0. The Morgan fingerprint density at radius 2 is 2.07 bits per heavy atom. The number of fused-ring (bicyclic) bond motifs is 1. The van der Waals surface area contributed by atoms with Crippen molar-refractivity contribution >= 4 is 5.91 Å². The van der Waals surface area contributed by atoms with E-state index in [0.29, 0.717) is 31.3 Å². The Morgan fingerprint density at radius 1 is 1.21 bits per heavy atom. The Morgan fingerprint density at radius 3 is 2.86 bits per heavy atom. The van der Waals surface area contributed by atoms with E-state index in [9.17, 15) is 9.59 Å². The number of carbonyl (C=O) groups is 1. The number of benzene rings is 1. The van der Waals surface area contributed by atoms with Gasteiger partial charge in [-0.3, -0.25) is 9.59 Å². The van der Waals surface area contributed by atoms with Gasteiger partial charge in [0.05, 0.1) is 12.2 Å². The van der Waals surface area contributed by atoms with E-state index in [-0.39, 0.29) is 11.5 Å². The molecule has 6 nitrogen and oxygen atoms in total. The van der Waals surface area contributed by atoms with Crippen LogP contribution in [0.4, 0.5) is 0 Å². The first-order valence-corrected chi connectivity index (χ1v) is 10.4. The maximum absolute atomic E-state index is 13.3. The minimum absolute atomic E-state index is 0.0230. The van der Waals surface area contributed by atoms with Gasteiger partial charge in [-0.25, -0.2) is 4.98 Å². The highest BCUT2D eigenvalue weighted by atomic mass is 16.2. The molecule has 3 heterocycles. The van der Waals surface area contributed by atoms with E-state index in [4.69, 9.17) is 4.98 Å². The topological polar surface area (TPSA) is 78.1 Å². The van der Waals surface area contributed by atoms with E-state index in [1.54, 1.807) is 0 Å². The van der Waals surface area contributed by atoms with Gasteiger partial charge in [0.25, 0.3) is 11.5 Å². The van der Waals surface area contributed by atoms with Crippen LogP contribution >= 0.6 is 0 Å². The van der Waals surface area contributed by atoms with E-state index < -0.39 is 0 Å². The molecule has 1 saturated heterocycles. The molecule has 1 atom stereocenters. The first-order valence-electron chi connectivity index (χ1n) is 10.4. The summed E-state index contributed by atoms with van der Waals surface area (Å²) in [5.41, 5.74) is 3.43. The molecule has 0 spiro atoms. The molecule has 1 saturated carbocycles. The number of amides is 1. The van der Waals surface area contributed by atoms with Crippen LogP contribution in [0.3, 0.4) is 0 Å². The minimum Gasteiger partial charge on any atom is -0.332 e. The number of carbonyl (C=O) groups excluding carboxylic acids is 1. The van der Waals surface area contributed by atoms with Gasteiger partial charge < -0.3 is 15.2 Å². The van der Waals surface area contributed by atoms with Gasteiger partial charge in [0.15, 0.2) is 0 Å². The molecule has 0 radical (unpaired) electrons. The predicted molar refractivity (Wildman–Crippen MR) is 106 cm³/mol. The van der Waals surface area contributed by atoms with Crippen LogP contribution < -0.4 is 10.9 Å². The molecule has 0 unspecified atom stereocenters. The summed E-state index contributed by atoms with van der Waals surface area (Å²) in [5.74, 6) is 1.88. The lowest BCUT2D eigenvalue weighted by molar-refractivity contribution is 0.0729. The van der Waals surface area contributed by atoms with Crippen molar-refractivity contribution in [3.63, 3.8) is 0 Å². The number of nitrogens with zero attached hydrogens (tertiary/aromatic N) is 2. The predicted octanol–water partition coefficient (Wildman–Crippen LogP) is 2.00. The standard InChI is InChI=1S/C22H26N4O2/c27-21-18-8-10-26(13-19(18)24-20(25-21)11-14-5-6-14)22(28)17-4-2-1-3-16(17)15-7-9-23-12-15/h1-4,14-15,23H,5-13H2,(H,24,25,27)/t15-/m1/s1. The Bertz CT molecular complexity index is 957. The molecule has 1 aliphatic carbocycles. The zero-order chi connectivity index (χ0) is 19.1. The van der Waals surface area contributed by atoms with Gasteiger partial charge in [-0.15, -0.1) is 0 Å². The first kappa shape index (κ1) is 17.6. The summed E-state index contributed by atoms with van der Waals surface area (Å²) in [4.78, 5) is 35.3. The summed E-state index contributed by atoms with van der Waals surface area (Å²) in [5, 5.41) is 3.39. The normalized spacial score (nSPS) is 21.6. The van der Waals surface area contributed by atoms with Crippen molar-refractivity contribution in [3.8, 4) is 0 Å². The second-order valence-electron chi connectivity index (χ2n) is 8.34. The molecule has 0 bridgehead atoms. The smallest absolute Gasteiger partial charge is 0.254 e.